The number of ether oxygens (including phenoxy) is 1. The van der Waals surface area contributed by atoms with Crippen LogP contribution in [0.3, 0.4) is 0 Å². The Labute approximate surface area is 168 Å². The van der Waals surface area contributed by atoms with Crippen molar-refractivity contribution in [1.82, 2.24) is 10.3 Å². The lowest BCUT2D eigenvalue weighted by atomic mass is 10.0. The minimum atomic E-state index is -0.612. The number of hydrogen-bond acceptors (Lipinski definition) is 4. The molecule has 5 nitrogen and oxygen atoms in total. The van der Waals surface area contributed by atoms with Crippen LogP contribution in [0, 0.1) is 11.7 Å². The maximum absolute atomic E-state index is 13.2. The molecule has 0 bridgehead atoms. The summed E-state index contributed by atoms with van der Waals surface area (Å²) in [6.07, 6.45) is 0. The Hall–Kier alpha value is -3.28. The molecular formula is C23H23FN2O3. The number of benzene rings is 2. The van der Waals surface area contributed by atoms with Crippen LogP contribution < -0.4 is 5.32 Å². The second-order valence-electron chi connectivity index (χ2n) is 7.26. The van der Waals surface area contributed by atoms with Gasteiger partial charge < -0.3 is 10.1 Å². The van der Waals surface area contributed by atoms with Gasteiger partial charge >= 0.3 is 5.97 Å². The average Bonchev–Trinajstić information content (AvgIpc) is 2.71. The first kappa shape index (κ1) is 20.5. The Balaban J connectivity index is 1.86. The van der Waals surface area contributed by atoms with E-state index in [9.17, 15) is 14.0 Å². The molecule has 0 unspecified atom stereocenters. The van der Waals surface area contributed by atoms with Crippen LogP contribution in [0.2, 0.25) is 0 Å². The summed E-state index contributed by atoms with van der Waals surface area (Å²) in [5, 5.41) is 3.43. The summed E-state index contributed by atoms with van der Waals surface area (Å²) in [4.78, 5) is 29.3. The number of nitrogens with one attached hydrogen (secondary N) is 1. The molecule has 0 saturated carbocycles. The van der Waals surface area contributed by atoms with E-state index in [2.05, 4.69) is 10.3 Å². The zero-order valence-electron chi connectivity index (χ0n) is 16.6. The standard InChI is InChI=1S/C23H23FN2O3/c1-14(2)15(3)25-22(27)13-29-23(28)19-12-21(16-8-10-17(24)11-9-16)26-20-7-5-4-6-18(19)20/h4-12,14-15H,13H2,1-3H3,(H,25,27)/t15-/m0/s1. The Morgan fingerprint density at radius 3 is 2.45 bits per heavy atom. The van der Waals surface area contributed by atoms with Crippen LogP contribution in [-0.2, 0) is 9.53 Å². The highest BCUT2D eigenvalue weighted by Crippen LogP contribution is 2.25. The van der Waals surface area contributed by atoms with Crippen molar-refractivity contribution in [2.24, 2.45) is 5.92 Å². The molecule has 1 heterocycles. The summed E-state index contributed by atoms with van der Waals surface area (Å²) < 4.78 is 18.5. The molecule has 2 aromatic carbocycles. The number of carbonyl (C=O) groups excluding carboxylic acids is 2. The zero-order valence-corrected chi connectivity index (χ0v) is 16.6. The third-order valence-electron chi connectivity index (χ3n) is 4.80. The highest BCUT2D eigenvalue weighted by Gasteiger charge is 2.17. The predicted molar refractivity (Wildman–Crippen MR) is 110 cm³/mol. The van der Waals surface area contributed by atoms with Crippen molar-refractivity contribution >= 4 is 22.8 Å². The highest BCUT2D eigenvalue weighted by atomic mass is 19.1. The van der Waals surface area contributed by atoms with Gasteiger partial charge in [0, 0.05) is 17.0 Å². The Kier molecular flexibility index (Phi) is 6.22. The largest absolute Gasteiger partial charge is 0.452 e. The van der Waals surface area contributed by atoms with Crippen molar-refractivity contribution < 1.29 is 18.7 Å². The first-order valence-electron chi connectivity index (χ1n) is 9.47. The second-order valence-corrected chi connectivity index (χ2v) is 7.26. The van der Waals surface area contributed by atoms with Gasteiger partial charge in [0.15, 0.2) is 6.61 Å². The van der Waals surface area contributed by atoms with Gasteiger partial charge in [0.05, 0.1) is 16.8 Å². The molecule has 0 aliphatic carbocycles. The molecule has 150 valence electrons. The molecule has 0 aliphatic rings. The average molecular weight is 394 g/mol. The molecule has 0 fully saturated rings. The number of aromatic nitrogens is 1. The smallest absolute Gasteiger partial charge is 0.339 e. The fourth-order valence-corrected chi connectivity index (χ4v) is 2.78. The molecule has 0 radical (unpaired) electrons. The van der Waals surface area contributed by atoms with E-state index in [1.807, 2.05) is 26.8 Å². The van der Waals surface area contributed by atoms with Gasteiger partial charge in [-0.25, -0.2) is 14.2 Å². The number of para-hydroxylation sites is 1. The Morgan fingerprint density at radius 2 is 1.76 bits per heavy atom. The number of pyridine rings is 1. The maximum atomic E-state index is 13.2. The molecule has 1 aromatic heterocycles. The van der Waals surface area contributed by atoms with Gasteiger partial charge in [0.25, 0.3) is 5.91 Å². The van der Waals surface area contributed by atoms with Crippen molar-refractivity contribution in [3.8, 4) is 11.3 Å². The topological polar surface area (TPSA) is 68.3 Å². The monoisotopic (exact) mass is 394 g/mol. The van der Waals surface area contributed by atoms with Crippen molar-refractivity contribution in [3.05, 3.63) is 66.0 Å². The molecule has 0 aliphatic heterocycles. The van der Waals surface area contributed by atoms with E-state index in [0.29, 0.717) is 27.7 Å². The zero-order chi connectivity index (χ0) is 21.0. The van der Waals surface area contributed by atoms with Crippen LogP contribution in [0.4, 0.5) is 4.39 Å². The summed E-state index contributed by atoms with van der Waals surface area (Å²) in [7, 11) is 0. The number of rotatable bonds is 6. The molecule has 6 heteroatoms. The number of nitrogens with zero attached hydrogens (tertiary/aromatic N) is 1. The second kappa shape index (κ2) is 8.82. The fraction of sp³-hybridized carbons (Fsp3) is 0.261. The first-order chi connectivity index (χ1) is 13.8. The van der Waals surface area contributed by atoms with Gasteiger partial charge in [-0.3, -0.25) is 4.79 Å². The summed E-state index contributed by atoms with van der Waals surface area (Å²) >= 11 is 0. The van der Waals surface area contributed by atoms with Gasteiger partial charge in [-0.1, -0.05) is 32.0 Å². The lowest BCUT2D eigenvalue weighted by Crippen LogP contribution is -2.38. The molecule has 0 spiro atoms. The number of carbonyl (C=O) groups is 2. The molecule has 29 heavy (non-hydrogen) atoms. The van der Waals surface area contributed by atoms with Gasteiger partial charge in [-0.15, -0.1) is 0 Å². The predicted octanol–water partition coefficient (Wildman–Crippen LogP) is 4.36. The Bertz CT molecular complexity index is 1030. The quantitative estimate of drug-likeness (QED) is 0.631. The molecule has 1 N–H and O–H groups in total. The normalized spacial score (nSPS) is 12.0. The van der Waals surface area contributed by atoms with Gasteiger partial charge in [0.1, 0.15) is 5.82 Å². The summed E-state index contributed by atoms with van der Waals surface area (Å²) in [6.45, 7) is 5.53. The summed E-state index contributed by atoms with van der Waals surface area (Å²) in [6, 6.07) is 14.6. The first-order valence-corrected chi connectivity index (χ1v) is 9.47. The van der Waals surface area contributed by atoms with Crippen molar-refractivity contribution in [2.45, 2.75) is 26.8 Å². The van der Waals surface area contributed by atoms with E-state index in [1.165, 1.54) is 12.1 Å². The van der Waals surface area contributed by atoms with Crippen LogP contribution in [0.5, 0.6) is 0 Å². The third kappa shape index (κ3) is 4.96. The summed E-state index contributed by atoms with van der Waals surface area (Å²) in [5.41, 5.74) is 2.11. The molecular weight excluding hydrogens is 371 g/mol. The van der Waals surface area contributed by atoms with Crippen molar-refractivity contribution in [2.75, 3.05) is 6.61 Å². The molecule has 1 atom stereocenters. The lowest BCUT2D eigenvalue weighted by Gasteiger charge is -2.17. The van der Waals surface area contributed by atoms with Crippen LogP contribution in [0.25, 0.3) is 22.2 Å². The van der Waals surface area contributed by atoms with Crippen LogP contribution >= 0.6 is 0 Å². The van der Waals surface area contributed by atoms with E-state index in [0.717, 1.165) is 0 Å². The number of halogens is 1. The van der Waals surface area contributed by atoms with E-state index in [1.54, 1.807) is 36.4 Å². The van der Waals surface area contributed by atoms with E-state index in [-0.39, 0.29) is 30.3 Å². The van der Waals surface area contributed by atoms with Crippen molar-refractivity contribution in [3.63, 3.8) is 0 Å². The van der Waals surface area contributed by atoms with E-state index in [4.69, 9.17) is 4.74 Å². The van der Waals surface area contributed by atoms with Crippen molar-refractivity contribution in [1.29, 1.82) is 0 Å². The molecule has 1 amide bonds. The third-order valence-corrected chi connectivity index (χ3v) is 4.80. The van der Waals surface area contributed by atoms with Gasteiger partial charge in [-0.05, 0) is 49.2 Å². The minimum Gasteiger partial charge on any atom is -0.452 e. The van der Waals surface area contributed by atoms with Crippen LogP contribution in [0.15, 0.2) is 54.6 Å². The van der Waals surface area contributed by atoms with Crippen LogP contribution in [0.1, 0.15) is 31.1 Å². The highest BCUT2D eigenvalue weighted by molar-refractivity contribution is 6.05. The number of esters is 1. The van der Waals surface area contributed by atoms with E-state index >= 15 is 0 Å². The fourth-order valence-electron chi connectivity index (χ4n) is 2.78. The number of amides is 1. The van der Waals surface area contributed by atoms with Crippen LogP contribution in [-0.4, -0.2) is 29.5 Å². The van der Waals surface area contributed by atoms with Gasteiger partial charge in [0.2, 0.25) is 0 Å². The maximum Gasteiger partial charge on any atom is 0.339 e. The molecule has 0 saturated heterocycles. The minimum absolute atomic E-state index is 0.0203. The number of hydrogen-bond donors (Lipinski definition) is 1. The molecule has 3 rings (SSSR count). The number of fused-ring (bicyclic) bond motifs is 1. The SMILES string of the molecule is CC(C)[C@H](C)NC(=O)COC(=O)c1cc(-c2ccc(F)cc2)nc2ccccc12. The molecule has 3 aromatic rings. The Morgan fingerprint density at radius 1 is 1.07 bits per heavy atom. The van der Waals surface area contributed by atoms with Gasteiger partial charge in [-0.2, -0.15) is 0 Å². The summed E-state index contributed by atoms with van der Waals surface area (Å²) in [5.74, 6) is -1.04. The van der Waals surface area contributed by atoms with E-state index < -0.39 is 5.97 Å². The lowest BCUT2D eigenvalue weighted by molar-refractivity contribution is -0.125.